The van der Waals surface area contributed by atoms with Crippen LogP contribution in [0.5, 0.6) is 0 Å². The van der Waals surface area contributed by atoms with Crippen molar-refractivity contribution in [2.45, 2.75) is 39.2 Å². The number of likely N-dealkylation sites (tertiary alicyclic amines) is 1. The standard InChI is InChI=1S/C23H30ClN5O4/c1-23(2,3)33-22(32)26-11-10-25-20(30)16-5-4-12-29(14-16)21(31)18-13-27-28-19(18)15-6-8-17(24)9-7-15/h6-9,13,16H,4-5,10-12,14H2,1-3H3,(H,25,30)(H,26,32)(H,27,28). The van der Waals surface area contributed by atoms with Gasteiger partial charge in [0.1, 0.15) is 5.60 Å². The number of hydrogen-bond donors (Lipinski definition) is 3. The Balaban J connectivity index is 1.53. The van der Waals surface area contributed by atoms with Crippen molar-refractivity contribution in [2.24, 2.45) is 5.92 Å². The fraction of sp³-hybridized carbons (Fsp3) is 0.478. The van der Waals surface area contributed by atoms with Crippen LogP contribution in [-0.2, 0) is 9.53 Å². The number of H-pyrrole nitrogens is 1. The number of aromatic nitrogens is 2. The molecule has 3 rings (SSSR count). The average Bonchev–Trinajstić information content (AvgIpc) is 3.25. The van der Waals surface area contributed by atoms with Crippen LogP contribution in [0.2, 0.25) is 5.02 Å². The van der Waals surface area contributed by atoms with Crippen LogP contribution < -0.4 is 10.6 Å². The lowest BCUT2D eigenvalue weighted by molar-refractivity contribution is -0.126. The summed E-state index contributed by atoms with van der Waals surface area (Å²) in [6, 6.07) is 7.16. The van der Waals surface area contributed by atoms with Gasteiger partial charge >= 0.3 is 6.09 Å². The van der Waals surface area contributed by atoms with Crippen molar-refractivity contribution in [1.29, 1.82) is 0 Å². The second kappa shape index (κ2) is 10.7. The van der Waals surface area contributed by atoms with E-state index in [0.717, 1.165) is 12.0 Å². The summed E-state index contributed by atoms with van der Waals surface area (Å²) in [6.45, 7) is 6.80. The van der Waals surface area contributed by atoms with Crippen LogP contribution >= 0.6 is 11.6 Å². The molecular formula is C23H30ClN5O4. The molecule has 3 amide bonds. The number of amides is 3. The van der Waals surface area contributed by atoms with Gasteiger partial charge < -0.3 is 20.3 Å². The number of carbonyl (C=O) groups is 3. The molecule has 0 aliphatic carbocycles. The first-order valence-electron chi connectivity index (χ1n) is 11.0. The maximum absolute atomic E-state index is 13.2. The largest absolute Gasteiger partial charge is 0.444 e. The predicted molar refractivity (Wildman–Crippen MR) is 125 cm³/mol. The van der Waals surface area contributed by atoms with Gasteiger partial charge in [-0.05, 0) is 45.7 Å². The molecule has 1 unspecified atom stereocenters. The van der Waals surface area contributed by atoms with Crippen molar-refractivity contribution in [3.63, 3.8) is 0 Å². The Hall–Kier alpha value is -3.07. The van der Waals surface area contributed by atoms with Gasteiger partial charge in [0, 0.05) is 36.8 Å². The summed E-state index contributed by atoms with van der Waals surface area (Å²) < 4.78 is 5.16. The predicted octanol–water partition coefficient (Wildman–Crippen LogP) is 3.22. The number of rotatable bonds is 6. The van der Waals surface area contributed by atoms with Crippen molar-refractivity contribution >= 4 is 29.5 Å². The van der Waals surface area contributed by atoms with E-state index in [2.05, 4.69) is 20.8 Å². The highest BCUT2D eigenvalue weighted by Crippen LogP contribution is 2.26. The summed E-state index contributed by atoms with van der Waals surface area (Å²) in [7, 11) is 0. The van der Waals surface area contributed by atoms with Crippen molar-refractivity contribution in [2.75, 3.05) is 26.2 Å². The Morgan fingerprint density at radius 1 is 1.18 bits per heavy atom. The van der Waals surface area contributed by atoms with E-state index in [1.165, 1.54) is 6.20 Å². The zero-order chi connectivity index (χ0) is 24.0. The van der Waals surface area contributed by atoms with Gasteiger partial charge in [-0.3, -0.25) is 14.7 Å². The molecule has 9 nitrogen and oxygen atoms in total. The zero-order valence-corrected chi connectivity index (χ0v) is 19.9. The van der Waals surface area contributed by atoms with Crippen molar-refractivity contribution in [3.05, 3.63) is 41.0 Å². The van der Waals surface area contributed by atoms with Gasteiger partial charge in [0.05, 0.1) is 23.4 Å². The molecule has 1 aliphatic rings. The quantitative estimate of drug-likeness (QED) is 0.554. The summed E-state index contributed by atoms with van der Waals surface area (Å²) >= 11 is 5.96. The molecule has 1 aliphatic heterocycles. The molecule has 178 valence electrons. The smallest absolute Gasteiger partial charge is 0.407 e. The van der Waals surface area contributed by atoms with Gasteiger partial charge in [-0.25, -0.2) is 4.79 Å². The first-order chi connectivity index (χ1) is 15.6. The molecule has 0 bridgehead atoms. The second-order valence-corrected chi connectivity index (χ2v) is 9.41. The van der Waals surface area contributed by atoms with E-state index in [-0.39, 0.29) is 30.8 Å². The van der Waals surface area contributed by atoms with Crippen molar-refractivity contribution in [1.82, 2.24) is 25.7 Å². The maximum Gasteiger partial charge on any atom is 0.407 e. The van der Waals surface area contributed by atoms with E-state index in [4.69, 9.17) is 16.3 Å². The van der Waals surface area contributed by atoms with Crippen LogP contribution in [0.3, 0.4) is 0 Å². The molecule has 2 aromatic rings. The molecule has 1 saturated heterocycles. The Labute approximate surface area is 198 Å². The van der Waals surface area contributed by atoms with Gasteiger partial charge in [-0.2, -0.15) is 5.10 Å². The summed E-state index contributed by atoms with van der Waals surface area (Å²) in [5.41, 5.74) is 1.31. The lowest BCUT2D eigenvalue weighted by Crippen LogP contribution is -2.46. The second-order valence-electron chi connectivity index (χ2n) is 8.98. The van der Waals surface area contributed by atoms with Crippen molar-refractivity contribution in [3.8, 4) is 11.3 Å². The number of nitrogens with one attached hydrogen (secondary N) is 3. The molecule has 1 fully saturated rings. The number of halogens is 1. The maximum atomic E-state index is 13.2. The van der Waals surface area contributed by atoms with Crippen LogP contribution in [0.15, 0.2) is 30.5 Å². The van der Waals surface area contributed by atoms with Crippen LogP contribution in [0.1, 0.15) is 44.0 Å². The third kappa shape index (κ3) is 6.95. The van der Waals surface area contributed by atoms with Crippen LogP contribution in [-0.4, -0.2) is 64.8 Å². The Morgan fingerprint density at radius 3 is 2.58 bits per heavy atom. The van der Waals surface area contributed by atoms with Crippen LogP contribution in [0.25, 0.3) is 11.3 Å². The molecule has 3 N–H and O–H groups in total. The van der Waals surface area contributed by atoms with Crippen molar-refractivity contribution < 1.29 is 19.1 Å². The highest BCUT2D eigenvalue weighted by Gasteiger charge is 2.30. The lowest BCUT2D eigenvalue weighted by Gasteiger charge is -2.32. The molecule has 2 heterocycles. The Bertz CT molecular complexity index is 983. The molecule has 1 aromatic heterocycles. The number of alkyl carbamates (subject to hydrolysis) is 1. The van der Waals surface area contributed by atoms with E-state index in [1.54, 1.807) is 37.8 Å². The summed E-state index contributed by atoms with van der Waals surface area (Å²) in [5, 5.41) is 13.0. The SMILES string of the molecule is CC(C)(C)OC(=O)NCCNC(=O)C1CCCN(C(=O)c2cn[nH]c2-c2ccc(Cl)cc2)C1. The van der Waals surface area contributed by atoms with Gasteiger partial charge in [-0.1, -0.05) is 23.7 Å². The van der Waals surface area contributed by atoms with Gasteiger partial charge in [0.15, 0.2) is 0 Å². The molecule has 1 atom stereocenters. The minimum absolute atomic E-state index is 0.136. The number of piperidine rings is 1. The summed E-state index contributed by atoms with van der Waals surface area (Å²) in [5.74, 6) is -0.614. The Morgan fingerprint density at radius 2 is 1.88 bits per heavy atom. The zero-order valence-electron chi connectivity index (χ0n) is 19.1. The van der Waals surface area contributed by atoms with E-state index in [0.29, 0.717) is 35.8 Å². The number of ether oxygens (including phenoxy) is 1. The first kappa shape index (κ1) is 24.6. The fourth-order valence-corrected chi connectivity index (χ4v) is 3.77. The first-order valence-corrected chi connectivity index (χ1v) is 11.3. The number of benzene rings is 1. The molecule has 0 radical (unpaired) electrons. The van der Waals surface area contributed by atoms with E-state index in [1.807, 2.05) is 12.1 Å². The minimum Gasteiger partial charge on any atom is -0.444 e. The normalized spacial score (nSPS) is 16.2. The highest BCUT2D eigenvalue weighted by atomic mass is 35.5. The topological polar surface area (TPSA) is 116 Å². The molecule has 10 heteroatoms. The number of hydrogen-bond acceptors (Lipinski definition) is 5. The van der Waals surface area contributed by atoms with E-state index < -0.39 is 11.7 Å². The third-order valence-corrected chi connectivity index (χ3v) is 5.43. The van der Waals surface area contributed by atoms with Crippen LogP contribution in [0.4, 0.5) is 4.79 Å². The lowest BCUT2D eigenvalue weighted by atomic mass is 9.96. The third-order valence-electron chi connectivity index (χ3n) is 5.17. The van der Waals surface area contributed by atoms with Gasteiger partial charge in [-0.15, -0.1) is 0 Å². The van der Waals surface area contributed by atoms with Gasteiger partial charge in [0.25, 0.3) is 5.91 Å². The number of aromatic amines is 1. The molecule has 0 saturated carbocycles. The van der Waals surface area contributed by atoms with Crippen LogP contribution in [0, 0.1) is 5.92 Å². The molecule has 0 spiro atoms. The molecule has 33 heavy (non-hydrogen) atoms. The van der Waals surface area contributed by atoms with E-state index >= 15 is 0 Å². The average molecular weight is 476 g/mol. The number of nitrogens with zero attached hydrogens (tertiary/aromatic N) is 2. The van der Waals surface area contributed by atoms with E-state index in [9.17, 15) is 14.4 Å². The summed E-state index contributed by atoms with van der Waals surface area (Å²) in [6.07, 6.45) is 2.42. The molecule has 1 aromatic carbocycles. The monoisotopic (exact) mass is 475 g/mol. The summed E-state index contributed by atoms with van der Waals surface area (Å²) in [4.78, 5) is 39.2. The number of carbonyl (C=O) groups excluding carboxylic acids is 3. The minimum atomic E-state index is -0.576. The van der Waals surface area contributed by atoms with Gasteiger partial charge in [0.2, 0.25) is 5.91 Å². The highest BCUT2D eigenvalue weighted by molar-refractivity contribution is 6.30. The fourth-order valence-electron chi connectivity index (χ4n) is 3.64. The molecular weight excluding hydrogens is 446 g/mol. The Kier molecular flexibility index (Phi) is 7.97.